The molecule has 0 saturated heterocycles. The molecule has 0 aromatic heterocycles. The maximum atomic E-state index is 13.0. The van der Waals surface area contributed by atoms with Crippen molar-refractivity contribution < 1.29 is 4.79 Å². The highest BCUT2D eigenvalue weighted by Gasteiger charge is 2.36. The van der Waals surface area contributed by atoms with E-state index in [1.54, 1.807) is 0 Å². The topological polar surface area (TPSA) is 17.1 Å². The summed E-state index contributed by atoms with van der Waals surface area (Å²) < 4.78 is 0. The summed E-state index contributed by atoms with van der Waals surface area (Å²) >= 11 is 6.20. The Balaban J connectivity index is 2.35. The minimum atomic E-state index is -0.416. The first kappa shape index (κ1) is 15.8. The lowest BCUT2D eigenvalue weighted by molar-refractivity contribution is -0.124. The van der Waals surface area contributed by atoms with Gasteiger partial charge in [0.15, 0.2) is 0 Å². The molecule has 2 heteroatoms. The summed E-state index contributed by atoms with van der Waals surface area (Å²) in [6, 6.07) is 17.7. The first-order valence-electron chi connectivity index (χ1n) is 7.46. The average molecular weight is 301 g/mol. The van der Waals surface area contributed by atoms with Crippen molar-refractivity contribution in [3.05, 3.63) is 70.7 Å². The van der Waals surface area contributed by atoms with Crippen LogP contribution in [0.1, 0.15) is 37.8 Å². The van der Waals surface area contributed by atoms with Gasteiger partial charge < -0.3 is 0 Å². The number of carbonyl (C=O) groups excluding carboxylic acids is 1. The second kappa shape index (κ2) is 6.91. The van der Waals surface area contributed by atoms with Crippen molar-refractivity contribution in [1.29, 1.82) is 0 Å². The van der Waals surface area contributed by atoms with Gasteiger partial charge in [-0.05, 0) is 30.0 Å². The predicted octanol–water partition coefficient (Wildman–Crippen LogP) is 5.21. The monoisotopic (exact) mass is 300 g/mol. The largest absolute Gasteiger partial charge is 0.298 e. The molecule has 0 fully saturated rings. The Morgan fingerprint density at radius 2 is 1.52 bits per heavy atom. The van der Waals surface area contributed by atoms with Crippen LogP contribution >= 0.6 is 11.6 Å². The van der Waals surface area contributed by atoms with Crippen LogP contribution in [0.2, 0.25) is 5.02 Å². The Bertz CT molecular complexity index is 600. The van der Waals surface area contributed by atoms with Gasteiger partial charge in [-0.1, -0.05) is 74.0 Å². The number of ketones is 1. The maximum absolute atomic E-state index is 13.0. The van der Waals surface area contributed by atoms with Crippen molar-refractivity contribution in [1.82, 2.24) is 0 Å². The summed E-state index contributed by atoms with van der Waals surface area (Å²) in [5.74, 6) is 0.242. The standard InChI is InChI=1S/C19H21ClO/c1-3-19(4-2,16-11-6-5-7-12-16)18(21)14-15-10-8-9-13-17(15)20/h5-13H,3-4,14H2,1-2H3. The number of benzene rings is 2. The SMILES string of the molecule is CCC(CC)(C(=O)Cc1ccccc1Cl)c1ccccc1. The van der Waals surface area contributed by atoms with E-state index < -0.39 is 5.41 Å². The van der Waals surface area contributed by atoms with E-state index in [-0.39, 0.29) is 5.78 Å². The number of Topliss-reactive ketones (excluding diaryl/α,β-unsaturated/α-hetero) is 1. The fourth-order valence-corrected chi connectivity index (χ4v) is 3.16. The van der Waals surface area contributed by atoms with Crippen LogP contribution in [0.5, 0.6) is 0 Å². The van der Waals surface area contributed by atoms with Crippen molar-refractivity contribution >= 4 is 17.4 Å². The molecule has 0 N–H and O–H groups in total. The fourth-order valence-electron chi connectivity index (χ4n) is 2.95. The van der Waals surface area contributed by atoms with Gasteiger partial charge in [0.2, 0.25) is 0 Å². The minimum Gasteiger partial charge on any atom is -0.298 e. The van der Waals surface area contributed by atoms with Crippen molar-refractivity contribution in [2.45, 2.75) is 38.5 Å². The van der Waals surface area contributed by atoms with Crippen LogP contribution in [0.4, 0.5) is 0 Å². The van der Waals surface area contributed by atoms with E-state index in [9.17, 15) is 4.79 Å². The molecule has 0 aliphatic heterocycles. The molecule has 0 bridgehead atoms. The van der Waals surface area contributed by atoms with Crippen LogP contribution in [-0.4, -0.2) is 5.78 Å². The van der Waals surface area contributed by atoms with E-state index in [2.05, 4.69) is 26.0 Å². The van der Waals surface area contributed by atoms with Crippen LogP contribution in [0.3, 0.4) is 0 Å². The average Bonchev–Trinajstić information content (AvgIpc) is 2.52. The predicted molar refractivity (Wildman–Crippen MR) is 88.9 cm³/mol. The number of rotatable bonds is 6. The third-order valence-electron chi connectivity index (χ3n) is 4.38. The molecule has 110 valence electrons. The van der Waals surface area contributed by atoms with E-state index in [1.165, 1.54) is 0 Å². The van der Waals surface area contributed by atoms with Gasteiger partial charge in [-0.3, -0.25) is 4.79 Å². The zero-order chi connectivity index (χ0) is 15.3. The molecule has 0 aliphatic carbocycles. The Morgan fingerprint density at radius 3 is 2.10 bits per heavy atom. The summed E-state index contributed by atoms with van der Waals surface area (Å²) in [6.07, 6.45) is 1.99. The molecule has 0 amide bonds. The number of hydrogen-bond acceptors (Lipinski definition) is 1. The lowest BCUT2D eigenvalue weighted by Crippen LogP contribution is -2.36. The lowest BCUT2D eigenvalue weighted by atomic mass is 9.71. The van der Waals surface area contributed by atoms with Crippen molar-refractivity contribution in [3.8, 4) is 0 Å². The molecule has 1 nitrogen and oxygen atoms in total. The molecule has 0 atom stereocenters. The maximum Gasteiger partial charge on any atom is 0.147 e. The molecule has 2 rings (SSSR count). The molecular formula is C19H21ClO. The molecule has 2 aromatic rings. The van der Waals surface area contributed by atoms with Crippen molar-refractivity contribution in [3.63, 3.8) is 0 Å². The summed E-state index contributed by atoms with van der Waals surface area (Å²) in [6.45, 7) is 4.17. The van der Waals surface area contributed by atoms with Gasteiger partial charge in [-0.15, -0.1) is 0 Å². The van der Waals surface area contributed by atoms with E-state index in [4.69, 9.17) is 11.6 Å². The molecule has 2 aromatic carbocycles. The van der Waals surface area contributed by atoms with Crippen LogP contribution in [-0.2, 0) is 16.6 Å². The van der Waals surface area contributed by atoms with Crippen LogP contribution in [0.25, 0.3) is 0 Å². The quantitative estimate of drug-likeness (QED) is 0.715. The summed E-state index contributed by atoms with van der Waals surface area (Å²) in [7, 11) is 0. The summed E-state index contributed by atoms with van der Waals surface area (Å²) in [5.41, 5.74) is 1.60. The molecule has 21 heavy (non-hydrogen) atoms. The Labute approximate surface area is 132 Å². The summed E-state index contributed by atoms with van der Waals surface area (Å²) in [4.78, 5) is 13.0. The smallest absolute Gasteiger partial charge is 0.147 e. The normalized spacial score (nSPS) is 11.4. The van der Waals surface area contributed by atoms with Gasteiger partial charge in [0.25, 0.3) is 0 Å². The van der Waals surface area contributed by atoms with Gasteiger partial charge in [-0.25, -0.2) is 0 Å². The molecule has 0 radical (unpaired) electrons. The molecule has 0 spiro atoms. The first-order valence-corrected chi connectivity index (χ1v) is 7.84. The Morgan fingerprint density at radius 1 is 0.952 bits per heavy atom. The lowest BCUT2D eigenvalue weighted by Gasteiger charge is -2.31. The highest BCUT2D eigenvalue weighted by atomic mass is 35.5. The molecule has 0 saturated carbocycles. The van der Waals surface area contributed by atoms with E-state index in [0.717, 1.165) is 24.0 Å². The van der Waals surface area contributed by atoms with Gasteiger partial charge in [-0.2, -0.15) is 0 Å². The van der Waals surface area contributed by atoms with Crippen LogP contribution in [0.15, 0.2) is 54.6 Å². The van der Waals surface area contributed by atoms with Crippen LogP contribution < -0.4 is 0 Å². The zero-order valence-electron chi connectivity index (χ0n) is 12.6. The Hall–Kier alpha value is -1.60. The van der Waals surface area contributed by atoms with Crippen molar-refractivity contribution in [2.24, 2.45) is 0 Å². The summed E-state index contributed by atoms with van der Waals surface area (Å²) in [5, 5.41) is 0.667. The van der Waals surface area contributed by atoms with E-state index in [0.29, 0.717) is 11.4 Å². The second-order valence-electron chi connectivity index (χ2n) is 5.35. The first-order chi connectivity index (χ1) is 10.1. The molecule has 0 unspecified atom stereocenters. The fraction of sp³-hybridized carbons (Fsp3) is 0.316. The van der Waals surface area contributed by atoms with E-state index >= 15 is 0 Å². The molecule has 0 heterocycles. The van der Waals surface area contributed by atoms with Crippen LogP contribution in [0, 0.1) is 0 Å². The van der Waals surface area contributed by atoms with Gasteiger partial charge in [0.1, 0.15) is 5.78 Å². The molecule has 0 aliphatic rings. The number of halogens is 1. The highest BCUT2D eigenvalue weighted by Crippen LogP contribution is 2.34. The molecular weight excluding hydrogens is 280 g/mol. The van der Waals surface area contributed by atoms with Crippen molar-refractivity contribution in [2.75, 3.05) is 0 Å². The minimum absolute atomic E-state index is 0.242. The highest BCUT2D eigenvalue weighted by molar-refractivity contribution is 6.31. The third-order valence-corrected chi connectivity index (χ3v) is 4.74. The Kier molecular flexibility index (Phi) is 5.19. The van der Waals surface area contributed by atoms with Gasteiger partial charge >= 0.3 is 0 Å². The number of hydrogen-bond donors (Lipinski definition) is 0. The van der Waals surface area contributed by atoms with Gasteiger partial charge in [0, 0.05) is 11.4 Å². The van der Waals surface area contributed by atoms with E-state index in [1.807, 2.05) is 42.5 Å². The van der Waals surface area contributed by atoms with Gasteiger partial charge in [0.05, 0.1) is 5.41 Å². The number of carbonyl (C=O) groups is 1. The zero-order valence-corrected chi connectivity index (χ0v) is 13.4. The second-order valence-corrected chi connectivity index (χ2v) is 5.75. The third kappa shape index (κ3) is 3.19.